The Bertz CT molecular complexity index is 680. The van der Waals surface area contributed by atoms with Gasteiger partial charge in [0.1, 0.15) is 0 Å². The van der Waals surface area contributed by atoms with Crippen LogP contribution in [0.2, 0.25) is 5.02 Å². The lowest BCUT2D eigenvalue weighted by atomic mass is 10.1. The van der Waals surface area contributed by atoms with Crippen molar-refractivity contribution in [2.75, 3.05) is 6.54 Å². The van der Waals surface area contributed by atoms with E-state index in [1.165, 1.54) is 4.90 Å². The molecule has 0 spiro atoms. The van der Waals surface area contributed by atoms with Gasteiger partial charge in [0.25, 0.3) is 5.91 Å². The van der Waals surface area contributed by atoms with Gasteiger partial charge in [-0.05, 0) is 31.5 Å². The van der Waals surface area contributed by atoms with E-state index in [-0.39, 0.29) is 0 Å². The number of likely N-dealkylation sites (N-methyl/N-ethyl adjacent to an activating group) is 1. The average molecular weight is 316 g/mol. The van der Waals surface area contributed by atoms with Gasteiger partial charge >= 0.3 is 0 Å². The monoisotopic (exact) mass is 315 g/mol. The van der Waals surface area contributed by atoms with Gasteiger partial charge in [-0.25, -0.2) is 0 Å². The van der Waals surface area contributed by atoms with Crippen LogP contribution in [0.3, 0.4) is 0 Å². The second kappa shape index (κ2) is 7.23. The summed E-state index contributed by atoms with van der Waals surface area (Å²) in [4.78, 5) is 26.2. The molecule has 0 N–H and O–H groups in total. The number of hydrogen-bond acceptors (Lipinski definition) is 2. The zero-order valence-corrected chi connectivity index (χ0v) is 13.4. The van der Waals surface area contributed by atoms with Crippen LogP contribution >= 0.6 is 11.6 Å². The van der Waals surface area contributed by atoms with Crippen LogP contribution in [0, 0.1) is 6.92 Å². The van der Waals surface area contributed by atoms with E-state index in [9.17, 15) is 9.59 Å². The smallest absolute Gasteiger partial charge is 0.295 e. The van der Waals surface area contributed by atoms with Crippen LogP contribution in [-0.4, -0.2) is 23.1 Å². The molecule has 0 atom stereocenters. The zero-order valence-electron chi connectivity index (χ0n) is 12.7. The average Bonchev–Trinajstić information content (AvgIpc) is 2.52. The van der Waals surface area contributed by atoms with Crippen molar-refractivity contribution >= 4 is 23.3 Å². The lowest BCUT2D eigenvalue weighted by Crippen LogP contribution is -2.36. The summed E-state index contributed by atoms with van der Waals surface area (Å²) in [6, 6.07) is 14.3. The highest BCUT2D eigenvalue weighted by Crippen LogP contribution is 2.14. The van der Waals surface area contributed by atoms with Crippen molar-refractivity contribution in [2.45, 2.75) is 20.4 Å². The summed E-state index contributed by atoms with van der Waals surface area (Å²) in [7, 11) is 0. The minimum absolute atomic E-state index is 0.369. The Morgan fingerprint density at radius 2 is 1.77 bits per heavy atom. The molecule has 4 heteroatoms. The Balaban J connectivity index is 2.14. The van der Waals surface area contributed by atoms with E-state index in [4.69, 9.17) is 11.6 Å². The Kier molecular flexibility index (Phi) is 5.34. The number of carbonyl (C=O) groups excluding carboxylic acids is 2. The molecule has 3 nitrogen and oxygen atoms in total. The highest BCUT2D eigenvalue weighted by molar-refractivity contribution is 6.42. The van der Waals surface area contributed by atoms with Gasteiger partial charge in [-0.1, -0.05) is 53.6 Å². The van der Waals surface area contributed by atoms with Crippen LogP contribution in [-0.2, 0) is 11.3 Å². The number of rotatable bonds is 5. The molecule has 0 fully saturated rings. The first kappa shape index (κ1) is 16.2. The number of amides is 1. The fraction of sp³-hybridized carbons (Fsp3) is 0.222. The van der Waals surface area contributed by atoms with Gasteiger partial charge in [0.05, 0.1) is 0 Å². The number of aryl methyl sites for hydroxylation is 1. The first-order chi connectivity index (χ1) is 10.5. The summed E-state index contributed by atoms with van der Waals surface area (Å²) in [5.74, 6) is -0.977. The van der Waals surface area contributed by atoms with E-state index in [1.807, 2.05) is 38.1 Å². The third kappa shape index (κ3) is 3.95. The van der Waals surface area contributed by atoms with Crippen molar-refractivity contribution in [3.05, 3.63) is 70.2 Å². The van der Waals surface area contributed by atoms with E-state index < -0.39 is 11.7 Å². The minimum atomic E-state index is -0.494. The summed E-state index contributed by atoms with van der Waals surface area (Å²) in [6.45, 7) is 4.62. The number of Topliss-reactive ketones (excluding diaryl/α,β-unsaturated/α-hetero) is 1. The van der Waals surface area contributed by atoms with Crippen molar-refractivity contribution in [1.29, 1.82) is 0 Å². The first-order valence-corrected chi connectivity index (χ1v) is 7.53. The van der Waals surface area contributed by atoms with Gasteiger partial charge < -0.3 is 4.90 Å². The largest absolute Gasteiger partial charge is 0.332 e. The van der Waals surface area contributed by atoms with Crippen LogP contribution in [0.5, 0.6) is 0 Å². The Labute approximate surface area is 135 Å². The molecule has 2 aromatic rings. The third-order valence-electron chi connectivity index (χ3n) is 3.44. The molecule has 114 valence electrons. The molecule has 0 unspecified atom stereocenters. The van der Waals surface area contributed by atoms with Crippen LogP contribution in [0.4, 0.5) is 0 Å². The fourth-order valence-corrected chi connectivity index (χ4v) is 2.37. The molecule has 0 aliphatic carbocycles. The van der Waals surface area contributed by atoms with E-state index in [2.05, 4.69) is 0 Å². The lowest BCUT2D eigenvalue weighted by molar-refractivity contribution is -0.126. The maximum Gasteiger partial charge on any atom is 0.295 e. The van der Waals surface area contributed by atoms with Gasteiger partial charge in [-0.3, -0.25) is 9.59 Å². The summed E-state index contributed by atoms with van der Waals surface area (Å²) < 4.78 is 0. The van der Waals surface area contributed by atoms with E-state index in [0.29, 0.717) is 23.7 Å². The van der Waals surface area contributed by atoms with Gasteiger partial charge in [-0.2, -0.15) is 0 Å². The maximum absolute atomic E-state index is 12.4. The summed E-state index contributed by atoms with van der Waals surface area (Å²) in [5.41, 5.74) is 2.37. The van der Waals surface area contributed by atoms with Gasteiger partial charge in [0.15, 0.2) is 0 Å². The van der Waals surface area contributed by atoms with Crippen molar-refractivity contribution in [3.8, 4) is 0 Å². The van der Waals surface area contributed by atoms with E-state index in [0.717, 1.165) is 11.1 Å². The summed E-state index contributed by atoms with van der Waals surface area (Å²) in [6.07, 6.45) is 0. The molecule has 0 bridgehead atoms. The van der Waals surface area contributed by atoms with E-state index >= 15 is 0 Å². The SMILES string of the molecule is CCN(Cc1cccc(Cl)c1)C(=O)C(=O)c1ccc(C)cc1. The number of carbonyl (C=O) groups is 2. The number of ketones is 1. The number of benzene rings is 2. The molecular weight excluding hydrogens is 298 g/mol. The van der Waals surface area contributed by atoms with Crippen LogP contribution in [0.1, 0.15) is 28.4 Å². The minimum Gasteiger partial charge on any atom is -0.332 e. The van der Waals surface area contributed by atoms with Crippen LogP contribution < -0.4 is 0 Å². The highest BCUT2D eigenvalue weighted by atomic mass is 35.5. The fourth-order valence-electron chi connectivity index (χ4n) is 2.15. The Morgan fingerprint density at radius 1 is 1.09 bits per heavy atom. The molecule has 0 aliphatic heterocycles. The predicted octanol–water partition coefficient (Wildman–Crippen LogP) is 3.88. The molecule has 0 aliphatic rings. The van der Waals surface area contributed by atoms with Gasteiger partial charge in [-0.15, -0.1) is 0 Å². The Hall–Kier alpha value is -2.13. The maximum atomic E-state index is 12.4. The van der Waals surface area contributed by atoms with Crippen LogP contribution in [0.15, 0.2) is 48.5 Å². The Morgan fingerprint density at radius 3 is 2.36 bits per heavy atom. The van der Waals surface area contributed by atoms with Crippen molar-refractivity contribution in [3.63, 3.8) is 0 Å². The number of hydrogen-bond donors (Lipinski definition) is 0. The van der Waals surface area contributed by atoms with Gasteiger partial charge in [0, 0.05) is 23.7 Å². The number of halogens is 1. The van der Waals surface area contributed by atoms with Crippen molar-refractivity contribution in [1.82, 2.24) is 4.90 Å². The first-order valence-electron chi connectivity index (χ1n) is 7.16. The summed E-state index contributed by atoms with van der Waals surface area (Å²) in [5, 5.41) is 0.617. The van der Waals surface area contributed by atoms with Gasteiger partial charge in [0.2, 0.25) is 5.78 Å². The molecule has 0 saturated carbocycles. The van der Waals surface area contributed by atoms with Crippen LogP contribution in [0.25, 0.3) is 0 Å². The molecule has 0 aromatic heterocycles. The molecule has 2 rings (SSSR count). The quantitative estimate of drug-likeness (QED) is 0.620. The predicted molar refractivity (Wildman–Crippen MR) is 88.1 cm³/mol. The second-order valence-electron chi connectivity index (χ2n) is 5.14. The summed E-state index contributed by atoms with van der Waals surface area (Å²) >= 11 is 5.95. The standard InChI is InChI=1S/C18H18ClNO2/c1-3-20(12-14-5-4-6-16(19)11-14)18(22)17(21)15-9-7-13(2)8-10-15/h4-11H,3,12H2,1-2H3. The van der Waals surface area contributed by atoms with E-state index in [1.54, 1.807) is 24.3 Å². The molecule has 1 amide bonds. The number of nitrogens with zero attached hydrogens (tertiary/aromatic N) is 1. The lowest BCUT2D eigenvalue weighted by Gasteiger charge is -2.20. The molecule has 0 heterocycles. The molecule has 22 heavy (non-hydrogen) atoms. The van der Waals surface area contributed by atoms with Crippen molar-refractivity contribution < 1.29 is 9.59 Å². The zero-order chi connectivity index (χ0) is 16.1. The normalized spacial score (nSPS) is 10.3. The highest BCUT2D eigenvalue weighted by Gasteiger charge is 2.22. The molecular formula is C18H18ClNO2. The van der Waals surface area contributed by atoms with Crippen molar-refractivity contribution in [2.24, 2.45) is 0 Å². The third-order valence-corrected chi connectivity index (χ3v) is 3.67. The second-order valence-corrected chi connectivity index (χ2v) is 5.58. The molecule has 0 saturated heterocycles. The topological polar surface area (TPSA) is 37.4 Å². The molecule has 2 aromatic carbocycles. The molecule has 0 radical (unpaired) electrons.